The normalized spacial score (nSPS) is 11.9. The molecule has 1 aromatic heterocycles. The zero-order valence-corrected chi connectivity index (χ0v) is 36.8. The molecule has 0 saturated heterocycles. The lowest BCUT2D eigenvalue weighted by Crippen LogP contribution is -2.48. The second-order valence-electron chi connectivity index (χ2n) is 16.9. The number of carbonyl (C=O) groups excluding carboxylic acids is 2. The van der Waals surface area contributed by atoms with Crippen molar-refractivity contribution in [2.75, 3.05) is 32.8 Å². The van der Waals surface area contributed by atoms with E-state index in [9.17, 15) is 14.7 Å². The molecule has 2 amide bonds. The average Bonchev–Trinajstić information content (AvgIpc) is 3.31. The van der Waals surface area contributed by atoms with E-state index in [2.05, 4.69) is 113 Å². The Hall–Kier alpha value is -5.83. The number of aliphatic hydroxyl groups excluding tert-OH is 1. The van der Waals surface area contributed by atoms with Gasteiger partial charge in [0.1, 0.15) is 18.5 Å². The molecular formula is C55H66N4O4. The van der Waals surface area contributed by atoms with E-state index in [1.807, 2.05) is 54.6 Å². The lowest BCUT2D eigenvalue weighted by atomic mass is 9.93. The number of ether oxygens (including phenoxy) is 1. The molecule has 5 aromatic carbocycles. The molecule has 8 heteroatoms. The second kappa shape index (κ2) is 26.6. The van der Waals surface area contributed by atoms with Gasteiger partial charge in [-0.15, -0.1) is 0 Å². The number of fused-ring (bicyclic) bond motifs is 1. The highest BCUT2D eigenvalue weighted by atomic mass is 16.5. The van der Waals surface area contributed by atoms with Gasteiger partial charge in [-0.05, 0) is 129 Å². The minimum Gasteiger partial charge on any atom is -0.490 e. The average molecular weight is 847 g/mol. The van der Waals surface area contributed by atoms with Crippen molar-refractivity contribution in [3.8, 4) is 5.75 Å². The van der Waals surface area contributed by atoms with Crippen LogP contribution in [0.5, 0.6) is 5.75 Å². The highest BCUT2D eigenvalue weighted by molar-refractivity contribution is 5.84. The van der Waals surface area contributed by atoms with Crippen molar-refractivity contribution in [3.05, 3.63) is 180 Å². The molecule has 0 aliphatic rings. The number of hydrogen-bond donors (Lipinski definition) is 3. The van der Waals surface area contributed by atoms with Crippen LogP contribution in [0.3, 0.4) is 0 Å². The van der Waals surface area contributed by atoms with Gasteiger partial charge in [0.05, 0.1) is 18.6 Å². The minimum atomic E-state index is -0.950. The summed E-state index contributed by atoms with van der Waals surface area (Å²) in [5, 5.41) is 18.8. The fraction of sp³-hybridized carbons (Fsp3) is 0.364. The van der Waals surface area contributed by atoms with Crippen LogP contribution in [0.4, 0.5) is 0 Å². The molecule has 6 aromatic rings. The summed E-state index contributed by atoms with van der Waals surface area (Å²) in [7, 11) is 0. The summed E-state index contributed by atoms with van der Waals surface area (Å²) in [6.07, 6.45) is 12.4. The SMILES string of the molecule is O=C(CN(CC(=O)NC(CCCc1ccccc1)CCCc1ccccc1)CC(O)COc1cccc2ncccc12)NCC(CCCc1ccccc1)CCCc1ccccc1. The van der Waals surface area contributed by atoms with E-state index >= 15 is 0 Å². The van der Waals surface area contributed by atoms with Crippen LogP contribution in [-0.4, -0.2) is 71.7 Å². The monoisotopic (exact) mass is 847 g/mol. The summed E-state index contributed by atoms with van der Waals surface area (Å²) >= 11 is 0. The molecule has 1 atom stereocenters. The third-order valence-corrected chi connectivity index (χ3v) is 11.8. The van der Waals surface area contributed by atoms with Gasteiger partial charge >= 0.3 is 0 Å². The van der Waals surface area contributed by atoms with Crippen LogP contribution in [0.25, 0.3) is 10.9 Å². The summed E-state index contributed by atoms with van der Waals surface area (Å²) in [5.74, 6) is 0.635. The van der Waals surface area contributed by atoms with E-state index in [1.54, 1.807) is 11.1 Å². The number of benzene rings is 5. The molecule has 6 rings (SSSR count). The maximum absolute atomic E-state index is 14.0. The molecule has 0 fully saturated rings. The Bertz CT molecular complexity index is 2090. The standard InChI is InChI=1S/C55H66N4O4/c60-50(43-63-53-37-17-36-52-51(53)35-18-38-56-52)40-59(42-55(62)58-49(33-15-29-46-23-9-3-10-24-46)34-16-30-47-25-11-4-12-26-47)41-54(61)57-39-48(31-13-27-44-19-5-1-6-20-44)32-14-28-45-21-7-2-8-22-45/h1-12,17-26,35-38,48-50,60H,13-16,27-34,39-43H2,(H,57,61)(H,58,62). The van der Waals surface area contributed by atoms with Crippen LogP contribution < -0.4 is 15.4 Å². The number of nitrogens with one attached hydrogen (secondary N) is 2. The number of aryl methyl sites for hydroxylation is 4. The van der Waals surface area contributed by atoms with Gasteiger partial charge in [-0.2, -0.15) is 0 Å². The van der Waals surface area contributed by atoms with Crippen molar-refractivity contribution >= 4 is 22.7 Å². The number of carbonyl (C=O) groups is 2. The first kappa shape index (κ1) is 46.7. The van der Waals surface area contributed by atoms with Gasteiger partial charge in [0, 0.05) is 30.7 Å². The summed E-state index contributed by atoms with van der Waals surface area (Å²) in [6, 6.07) is 51.5. The molecule has 8 nitrogen and oxygen atoms in total. The largest absolute Gasteiger partial charge is 0.490 e. The number of aromatic nitrogens is 1. The molecule has 0 radical (unpaired) electrons. The van der Waals surface area contributed by atoms with Gasteiger partial charge in [0.25, 0.3) is 0 Å². The molecule has 0 aliphatic heterocycles. The fourth-order valence-electron chi connectivity index (χ4n) is 8.43. The molecule has 330 valence electrons. The maximum Gasteiger partial charge on any atom is 0.234 e. The molecule has 0 spiro atoms. The van der Waals surface area contributed by atoms with Crippen LogP contribution in [-0.2, 0) is 35.3 Å². The van der Waals surface area contributed by atoms with Crippen molar-refractivity contribution < 1.29 is 19.4 Å². The third kappa shape index (κ3) is 17.5. The third-order valence-electron chi connectivity index (χ3n) is 11.8. The summed E-state index contributed by atoms with van der Waals surface area (Å²) < 4.78 is 6.12. The Kier molecular flexibility index (Phi) is 19.7. The Morgan fingerprint density at radius 2 is 1.06 bits per heavy atom. The van der Waals surface area contributed by atoms with E-state index in [1.165, 1.54) is 22.3 Å². The number of hydrogen-bond acceptors (Lipinski definition) is 6. The van der Waals surface area contributed by atoms with Crippen LogP contribution >= 0.6 is 0 Å². The van der Waals surface area contributed by atoms with Gasteiger partial charge in [0.15, 0.2) is 0 Å². The zero-order chi connectivity index (χ0) is 43.7. The topological polar surface area (TPSA) is 104 Å². The molecular weight excluding hydrogens is 781 g/mol. The van der Waals surface area contributed by atoms with Gasteiger partial charge in [0.2, 0.25) is 11.8 Å². The van der Waals surface area contributed by atoms with Crippen molar-refractivity contribution in [2.24, 2.45) is 5.92 Å². The number of nitrogens with zero attached hydrogens (tertiary/aromatic N) is 2. The van der Waals surface area contributed by atoms with E-state index < -0.39 is 6.10 Å². The Balaban J connectivity index is 1.08. The Labute approximate surface area is 375 Å². The molecule has 0 aliphatic carbocycles. The number of amides is 2. The van der Waals surface area contributed by atoms with E-state index in [0.717, 1.165) is 88.0 Å². The summed E-state index contributed by atoms with van der Waals surface area (Å²) in [4.78, 5) is 33.9. The van der Waals surface area contributed by atoms with Crippen LogP contribution in [0.2, 0.25) is 0 Å². The lowest BCUT2D eigenvalue weighted by Gasteiger charge is -2.26. The van der Waals surface area contributed by atoms with Gasteiger partial charge in [-0.25, -0.2) is 0 Å². The Morgan fingerprint density at radius 1 is 0.571 bits per heavy atom. The fourth-order valence-corrected chi connectivity index (χ4v) is 8.43. The zero-order valence-electron chi connectivity index (χ0n) is 36.8. The molecule has 0 saturated carbocycles. The Morgan fingerprint density at radius 3 is 1.59 bits per heavy atom. The highest BCUT2D eigenvalue weighted by Gasteiger charge is 2.22. The molecule has 0 bridgehead atoms. The molecule has 3 N–H and O–H groups in total. The van der Waals surface area contributed by atoms with Crippen LogP contribution in [0, 0.1) is 5.92 Å². The second-order valence-corrected chi connectivity index (χ2v) is 16.9. The van der Waals surface area contributed by atoms with Gasteiger partial charge in [-0.3, -0.25) is 19.5 Å². The smallest absolute Gasteiger partial charge is 0.234 e. The predicted octanol–water partition coefficient (Wildman–Crippen LogP) is 9.59. The summed E-state index contributed by atoms with van der Waals surface area (Å²) in [5.41, 5.74) is 6.03. The van der Waals surface area contributed by atoms with Gasteiger partial charge < -0.3 is 20.5 Å². The van der Waals surface area contributed by atoms with Crippen molar-refractivity contribution in [1.82, 2.24) is 20.5 Å². The summed E-state index contributed by atoms with van der Waals surface area (Å²) in [6.45, 7) is 0.618. The number of rotatable bonds is 28. The molecule has 1 heterocycles. The predicted molar refractivity (Wildman–Crippen MR) is 256 cm³/mol. The lowest BCUT2D eigenvalue weighted by molar-refractivity contribution is -0.126. The van der Waals surface area contributed by atoms with Crippen molar-refractivity contribution in [3.63, 3.8) is 0 Å². The number of pyridine rings is 1. The van der Waals surface area contributed by atoms with Crippen molar-refractivity contribution in [1.29, 1.82) is 0 Å². The van der Waals surface area contributed by atoms with Gasteiger partial charge in [-0.1, -0.05) is 127 Å². The van der Waals surface area contributed by atoms with Crippen molar-refractivity contribution in [2.45, 2.75) is 89.2 Å². The quantitative estimate of drug-likeness (QED) is 0.0455. The van der Waals surface area contributed by atoms with E-state index in [4.69, 9.17) is 4.74 Å². The first-order chi connectivity index (χ1) is 31.0. The van der Waals surface area contributed by atoms with E-state index in [0.29, 0.717) is 18.2 Å². The molecule has 1 unspecified atom stereocenters. The molecule has 63 heavy (non-hydrogen) atoms. The highest BCUT2D eigenvalue weighted by Crippen LogP contribution is 2.24. The van der Waals surface area contributed by atoms with Crippen LogP contribution in [0.15, 0.2) is 158 Å². The number of aliphatic hydroxyl groups is 1. The van der Waals surface area contributed by atoms with Crippen LogP contribution in [0.1, 0.15) is 73.6 Å². The maximum atomic E-state index is 14.0. The first-order valence-corrected chi connectivity index (χ1v) is 23.1. The van der Waals surface area contributed by atoms with E-state index in [-0.39, 0.29) is 44.1 Å². The minimum absolute atomic E-state index is 0.000243. The first-order valence-electron chi connectivity index (χ1n) is 23.1.